The van der Waals surface area contributed by atoms with E-state index in [4.69, 9.17) is 10.3 Å². The SMILES string of the molecule is NS(=O)c1ccccc1.N[S@](=O)c1ccccc1. The zero-order valence-corrected chi connectivity index (χ0v) is 11.2. The van der Waals surface area contributed by atoms with Crippen molar-refractivity contribution in [3.05, 3.63) is 60.7 Å². The van der Waals surface area contributed by atoms with Gasteiger partial charge in [-0.25, -0.2) is 18.7 Å². The predicted octanol–water partition coefficient (Wildman–Crippen LogP) is 1.34. The lowest BCUT2D eigenvalue weighted by Gasteiger charge is -1.90. The van der Waals surface area contributed by atoms with E-state index >= 15 is 0 Å². The summed E-state index contributed by atoms with van der Waals surface area (Å²) in [4.78, 5) is 1.33. The summed E-state index contributed by atoms with van der Waals surface area (Å²) in [6.07, 6.45) is 0. The molecule has 6 heteroatoms. The number of benzene rings is 2. The minimum absolute atomic E-state index is 0.664. The lowest BCUT2D eigenvalue weighted by Crippen LogP contribution is -2.01. The molecule has 0 aliphatic carbocycles. The molecule has 1 unspecified atom stereocenters. The largest absolute Gasteiger partial charge is 0.248 e. The summed E-state index contributed by atoms with van der Waals surface area (Å²) in [5, 5.41) is 10.2. The fourth-order valence-electron chi connectivity index (χ4n) is 1.11. The maximum absolute atomic E-state index is 10.5. The van der Waals surface area contributed by atoms with Crippen LogP contribution in [0.2, 0.25) is 0 Å². The van der Waals surface area contributed by atoms with Crippen LogP contribution in [0.1, 0.15) is 0 Å². The van der Waals surface area contributed by atoms with Crippen LogP contribution in [-0.2, 0) is 22.0 Å². The average molecular weight is 282 g/mol. The highest BCUT2D eigenvalue weighted by Crippen LogP contribution is 1.99. The van der Waals surface area contributed by atoms with E-state index in [1.807, 2.05) is 12.1 Å². The predicted molar refractivity (Wildman–Crippen MR) is 74.1 cm³/mol. The van der Waals surface area contributed by atoms with Crippen molar-refractivity contribution in [1.82, 2.24) is 0 Å². The van der Waals surface area contributed by atoms with Crippen LogP contribution >= 0.6 is 0 Å². The van der Waals surface area contributed by atoms with E-state index in [1.54, 1.807) is 48.5 Å². The van der Waals surface area contributed by atoms with E-state index in [2.05, 4.69) is 0 Å². The van der Waals surface area contributed by atoms with E-state index in [0.717, 1.165) is 0 Å². The van der Waals surface area contributed by atoms with Crippen LogP contribution in [0.4, 0.5) is 0 Å². The zero-order valence-electron chi connectivity index (χ0n) is 9.56. The topological polar surface area (TPSA) is 86.2 Å². The summed E-state index contributed by atoms with van der Waals surface area (Å²) in [7, 11) is -2.66. The zero-order chi connectivity index (χ0) is 13.4. The summed E-state index contributed by atoms with van der Waals surface area (Å²) in [6.45, 7) is 0. The maximum atomic E-state index is 10.5. The van der Waals surface area contributed by atoms with Crippen molar-refractivity contribution in [1.29, 1.82) is 0 Å². The van der Waals surface area contributed by atoms with Crippen LogP contribution in [0.25, 0.3) is 0 Å². The molecule has 0 heterocycles. The van der Waals surface area contributed by atoms with Crippen molar-refractivity contribution in [2.45, 2.75) is 9.79 Å². The third-order valence-corrected chi connectivity index (χ3v) is 3.42. The molecule has 18 heavy (non-hydrogen) atoms. The van der Waals surface area contributed by atoms with Gasteiger partial charge in [0, 0.05) is 0 Å². The molecule has 0 radical (unpaired) electrons. The number of hydrogen-bond acceptors (Lipinski definition) is 2. The third kappa shape index (κ3) is 5.33. The van der Waals surface area contributed by atoms with Gasteiger partial charge in [-0.2, -0.15) is 0 Å². The smallest absolute Gasteiger partial charge is 0.122 e. The fraction of sp³-hybridized carbons (Fsp3) is 0. The normalized spacial score (nSPS) is 13.0. The molecule has 2 rings (SSSR count). The molecule has 0 fully saturated rings. The number of hydrogen-bond donors (Lipinski definition) is 2. The first kappa shape index (κ1) is 14.7. The second kappa shape index (κ2) is 7.88. The molecular weight excluding hydrogens is 268 g/mol. The van der Waals surface area contributed by atoms with Crippen molar-refractivity contribution in [3.8, 4) is 0 Å². The molecule has 2 aromatic carbocycles. The van der Waals surface area contributed by atoms with Gasteiger partial charge in [0.15, 0.2) is 0 Å². The summed E-state index contributed by atoms with van der Waals surface area (Å²) in [6, 6.07) is 17.9. The Kier molecular flexibility index (Phi) is 6.45. The fourth-order valence-corrected chi connectivity index (χ4v) is 1.96. The molecule has 0 aromatic heterocycles. The Morgan fingerprint density at radius 1 is 0.611 bits per heavy atom. The van der Waals surface area contributed by atoms with Gasteiger partial charge >= 0.3 is 0 Å². The Hall–Kier alpha value is -1.34. The van der Waals surface area contributed by atoms with Gasteiger partial charge in [0.1, 0.15) is 22.0 Å². The number of nitrogens with two attached hydrogens (primary N) is 2. The van der Waals surface area contributed by atoms with Gasteiger partial charge in [0.25, 0.3) is 0 Å². The molecule has 0 saturated heterocycles. The maximum Gasteiger partial charge on any atom is 0.122 e. The van der Waals surface area contributed by atoms with Gasteiger partial charge in [0.2, 0.25) is 0 Å². The molecule has 0 saturated carbocycles. The Morgan fingerprint density at radius 2 is 0.889 bits per heavy atom. The summed E-state index contributed by atoms with van der Waals surface area (Å²) >= 11 is 0. The lowest BCUT2D eigenvalue weighted by molar-refractivity contribution is 0.683. The molecular formula is C12H14N2O2S2. The molecule has 0 amide bonds. The highest BCUT2D eigenvalue weighted by Gasteiger charge is 1.92. The van der Waals surface area contributed by atoms with Gasteiger partial charge in [0.05, 0.1) is 9.79 Å². The first-order valence-corrected chi connectivity index (χ1v) is 7.46. The van der Waals surface area contributed by atoms with Crippen molar-refractivity contribution in [2.75, 3.05) is 0 Å². The Labute approximate surface area is 111 Å². The Bertz CT molecular complexity index is 469. The molecule has 2 aromatic rings. The highest BCUT2D eigenvalue weighted by molar-refractivity contribution is 7.83. The monoisotopic (exact) mass is 282 g/mol. The van der Waals surface area contributed by atoms with Gasteiger partial charge in [-0.05, 0) is 24.3 Å². The molecule has 4 nitrogen and oxygen atoms in total. The van der Waals surface area contributed by atoms with Gasteiger partial charge in [-0.15, -0.1) is 0 Å². The minimum atomic E-state index is -1.33. The van der Waals surface area contributed by atoms with Crippen LogP contribution in [0.5, 0.6) is 0 Å². The van der Waals surface area contributed by atoms with Crippen LogP contribution in [0, 0.1) is 0 Å². The minimum Gasteiger partial charge on any atom is -0.248 e. The summed E-state index contributed by atoms with van der Waals surface area (Å²) < 4.78 is 21.1. The van der Waals surface area contributed by atoms with E-state index in [0.29, 0.717) is 9.79 Å². The van der Waals surface area contributed by atoms with Crippen LogP contribution < -0.4 is 10.3 Å². The first-order valence-electron chi connectivity index (χ1n) is 5.03. The van der Waals surface area contributed by atoms with Crippen molar-refractivity contribution in [3.63, 3.8) is 0 Å². The van der Waals surface area contributed by atoms with Crippen LogP contribution in [0.15, 0.2) is 70.5 Å². The van der Waals surface area contributed by atoms with Crippen molar-refractivity contribution < 1.29 is 8.42 Å². The standard InChI is InChI=1S/2C6H7NOS/c2*7-9(8)6-4-2-1-3-5-6/h2*1-5H,7H2/t9-;/m1./s1. The Balaban J connectivity index is 0.000000180. The lowest BCUT2D eigenvalue weighted by atomic mass is 10.4. The first-order chi connectivity index (χ1) is 8.61. The third-order valence-electron chi connectivity index (χ3n) is 1.95. The molecule has 0 aliphatic heterocycles. The van der Waals surface area contributed by atoms with E-state index in [-0.39, 0.29) is 0 Å². The summed E-state index contributed by atoms with van der Waals surface area (Å²) in [5.41, 5.74) is 0. The molecule has 96 valence electrons. The van der Waals surface area contributed by atoms with Crippen molar-refractivity contribution in [2.24, 2.45) is 10.3 Å². The highest BCUT2D eigenvalue weighted by atomic mass is 32.2. The van der Waals surface area contributed by atoms with E-state index in [9.17, 15) is 8.42 Å². The molecule has 2 atom stereocenters. The second-order valence-corrected chi connectivity index (χ2v) is 5.35. The van der Waals surface area contributed by atoms with E-state index < -0.39 is 22.0 Å². The van der Waals surface area contributed by atoms with Crippen molar-refractivity contribution >= 4 is 22.0 Å². The quantitative estimate of drug-likeness (QED) is 0.870. The Morgan fingerprint density at radius 3 is 1.06 bits per heavy atom. The molecule has 0 bridgehead atoms. The van der Waals surface area contributed by atoms with Gasteiger partial charge in [-0.3, -0.25) is 0 Å². The van der Waals surface area contributed by atoms with Crippen LogP contribution in [0.3, 0.4) is 0 Å². The molecule has 0 spiro atoms. The van der Waals surface area contributed by atoms with Crippen LogP contribution in [-0.4, -0.2) is 8.42 Å². The van der Waals surface area contributed by atoms with Gasteiger partial charge in [-0.1, -0.05) is 36.4 Å². The second-order valence-electron chi connectivity index (χ2n) is 3.22. The van der Waals surface area contributed by atoms with Gasteiger partial charge < -0.3 is 0 Å². The molecule has 0 aliphatic rings. The molecule has 4 N–H and O–H groups in total. The summed E-state index contributed by atoms with van der Waals surface area (Å²) in [5.74, 6) is 0. The van der Waals surface area contributed by atoms with E-state index in [1.165, 1.54) is 0 Å². The number of rotatable bonds is 2. The average Bonchev–Trinajstić information content (AvgIpc) is 2.41.